The zero-order valence-electron chi connectivity index (χ0n) is 14.0. The van der Waals surface area contributed by atoms with E-state index in [0.29, 0.717) is 6.61 Å². The first-order chi connectivity index (χ1) is 11.6. The molecule has 2 aromatic carbocycles. The van der Waals surface area contributed by atoms with Crippen molar-refractivity contribution < 1.29 is 17.9 Å². The van der Waals surface area contributed by atoms with Crippen LogP contribution >= 0.6 is 0 Å². The van der Waals surface area contributed by atoms with Crippen LogP contribution in [0.2, 0.25) is 0 Å². The van der Waals surface area contributed by atoms with Crippen molar-refractivity contribution >= 4 is 0 Å². The molecule has 2 rings (SSSR count). The molecule has 0 atom stereocenters. The lowest BCUT2D eigenvalue weighted by Crippen LogP contribution is -2.00. The number of ether oxygens (including phenoxy) is 1. The largest absolute Gasteiger partial charge is 0.491 e. The van der Waals surface area contributed by atoms with E-state index in [2.05, 4.69) is 6.92 Å². The summed E-state index contributed by atoms with van der Waals surface area (Å²) in [6.45, 7) is 2.63. The van der Waals surface area contributed by atoms with Crippen LogP contribution in [0.4, 0.5) is 13.2 Å². The number of benzene rings is 2. The van der Waals surface area contributed by atoms with Gasteiger partial charge in [-0.1, -0.05) is 57.2 Å². The quantitative estimate of drug-likeness (QED) is 0.474. The van der Waals surface area contributed by atoms with Crippen molar-refractivity contribution in [3.8, 4) is 16.9 Å². The highest BCUT2D eigenvalue weighted by Crippen LogP contribution is 2.28. The molecule has 0 saturated heterocycles. The zero-order valence-corrected chi connectivity index (χ0v) is 14.0. The van der Waals surface area contributed by atoms with E-state index >= 15 is 0 Å². The van der Waals surface area contributed by atoms with Gasteiger partial charge in [0.2, 0.25) is 0 Å². The Hall–Kier alpha value is -1.97. The van der Waals surface area contributed by atoms with Gasteiger partial charge in [-0.15, -0.1) is 0 Å². The highest BCUT2D eigenvalue weighted by Gasteiger charge is 2.12. The van der Waals surface area contributed by atoms with Gasteiger partial charge < -0.3 is 4.74 Å². The Labute approximate surface area is 141 Å². The number of halogens is 3. The number of unbranched alkanes of at least 4 members (excludes halogenated alkanes) is 5. The Kier molecular flexibility index (Phi) is 7.16. The maximum absolute atomic E-state index is 14.1. The molecule has 0 aliphatic heterocycles. The van der Waals surface area contributed by atoms with Gasteiger partial charge >= 0.3 is 0 Å². The standard InChI is InChI=1S/C20H23F3O/c1-2-3-4-5-6-7-13-24-19-12-11-15(14-18(19)22)16-9-8-10-17(21)20(16)23/h8-12,14H,2-7,13H2,1H3. The normalized spacial score (nSPS) is 10.8. The number of rotatable bonds is 9. The van der Waals surface area contributed by atoms with E-state index in [1.54, 1.807) is 0 Å². The van der Waals surface area contributed by atoms with E-state index in [1.807, 2.05) is 0 Å². The average molecular weight is 336 g/mol. The third-order valence-corrected chi connectivity index (χ3v) is 3.95. The van der Waals surface area contributed by atoms with E-state index in [4.69, 9.17) is 4.74 Å². The zero-order chi connectivity index (χ0) is 17.4. The van der Waals surface area contributed by atoms with Gasteiger partial charge in [-0.2, -0.15) is 0 Å². The smallest absolute Gasteiger partial charge is 0.166 e. The van der Waals surface area contributed by atoms with Crippen LogP contribution < -0.4 is 4.74 Å². The van der Waals surface area contributed by atoms with Crippen LogP contribution in [0.5, 0.6) is 5.75 Å². The van der Waals surface area contributed by atoms with Crippen LogP contribution in [0, 0.1) is 17.5 Å². The summed E-state index contributed by atoms with van der Waals surface area (Å²) in [5, 5.41) is 0. The van der Waals surface area contributed by atoms with Crippen molar-refractivity contribution in [1.82, 2.24) is 0 Å². The summed E-state index contributed by atoms with van der Waals surface area (Å²) in [5.41, 5.74) is 0.327. The Morgan fingerprint density at radius 3 is 2.33 bits per heavy atom. The number of hydrogen-bond acceptors (Lipinski definition) is 1. The van der Waals surface area contributed by atoms with Gasteiger partial charge in [-0.3, -0.25) is 0 Å². The molecular weight excluding hydrogens is 313 g/mol. The molecule has 0 aliphatic rings. The minimum absolute atomic E-state index is 0.0383. The molecule has 0 fully saturated rings. The summed E-state index contributed by atoms with van der Waals surface area (Å²) >= 11 is 0. The van der Waals surface area contributed by atoms with Crippen LogP contribution in [0.25, 0.3) is 11.1 Å². The lowest BCUT2D eigenvalue weighted by Gasteiger charge is -2.09. The Balaban J connectivity index is 1.92. The van der Waals surface area contributed by atoms with E-state index in [0.717, 1.165) is 25.3 Å². The minimum atomic E-state index is -0.974. The van der Waals surface area contributed by atoms with Crippen molar-refractivity contribution in [2.45, 2.75) is 45.4 Å². The molecule has 1 nitrogen and oxygen atoms in total. The predicted molar refractivity (Wildman–Crippen MR) is 90.6 cm³/mol. The second-order valence-electron chi connectivity index (χ2n) is 5.86. The molecule has 0 radical (unpaired) electrons. The molecule has 4 heteroatoms. The van der Waals surface area contributed by atoms with Gasteiger partial charge in [0.1, 0.15) is 0 Å². The molecule has 2 aromatic rings. The molecule has 0 spiro atoms. The van der Waals surface area contributed by atoms with Gasteiger partial charge in [-0.05, 0) is 30.2 Å². The molecule has 0 aliphatic carbocycles. The Morgan fingerprint density at radius 2 is 1.58 bits per heavy atom. The first-order valence-electron chi connectivity index (χ1n) is 8.50. The van der Waals surface area contributed by atoms with Crippen molar-refractivity contribution in [2.75, 3.05) is 6.61 Å². The fourth-order valence-corrected chi connectivity index (χ4v) is 2.58. The molecule has 0 heterocycles. The fraction of sp³-hybridized carbons (Fsp3) is 0.400. The van der Waals surface area contributed by atoms with Crippen LogP contribution in [-0.2, 0) is 0 Å². The maximum atomic E-state index is 14.1. The third kappa shape index (κ3) is 5.02. The lowest BCUT2D eigenvalue weighted by molar-refractivity contribution is 0.290. The van der Waals surface area contributed by atoms with E-state index in [1.165, 1.54) is 49.6 Å². The van der Waals surface area contributed by atoms with Crippen LogP contribution in [0.3, 0.4) is 0 Å². The van der Waals surface area contributed by atoms with Crippen molar-refractivity contribution in [1.29, 1.82) is 0 Å². The van der Waals surface area contributed by atoms with Gasteiger partial charge in [-0.25, -0.2) is 13.2 Å². The highest BCUT2D eigenvalue weighted by molar-refractivity contribution is 5.65. The average Bonchev–Trinajstić information content (AvgIpc) is 2.58. The maximum Gasteiger partial charge on any atom is 0.166 e. The van der Waals surface area contributed by atoms with E-state index < -0.39 is 17.5 Å². The Bertz CT molecular complexity index is 655. The molecular formula is C20H23F3O. The third-order valence-electron chi connectivity index (χ3n) is 3.95. The van der Waals surface area contributed by atoms with E-state index in [9.17, 15) is 13.2 Å². The summed E-state index contributed by atoms with van der Waals surface area (Å²) in [5.74, 6) is -2.35. The highest BCUT2D eigenvalue weighted by atomic mass is 19.2. The first-order valence-corrected chi connectivity index (χ1v) is 8.50. The predicted octanol–water partition coefficient (Wildman–Crippen LogP) is 6.51. The summed E-state index contributed by atoms with van der Waals surface area (Å²) < 4.78 is 46.6. The molecule has 0 bridgehead atoms. The monoisotopic (exact) mass is 336 g/mol. The van der Waals surface area contributed by atoms with Gasteiger partial charge in [0, 0.05) is 5.56 Å². The summed E-state index contributed by atoms with van der Waals surface area (Å²) in [7, 11) is 0. The molecule has 130 valence electrons. The SMILES string of the molecule is CCCCCCCCOc1ccc(-c2cccc(F)c2F)cc1F. The molecule has 0 unspecified atom stereocenters. The molecule has 0 aromatic heterocycles. The van der Waals surface area contributed by atoms with Crippen molar-refractivity contribution in [3.63, 3.8) is 0 Å². The lowest BCUT2D eigenvalue weighted by atomic mass is 10.0. The summed E-state index contributed by atoms with van der Waals surface area (Å²) in [6, 6.07) is 8.03. The summed E-state index contributed by atoms with van der Waals surface area (Å²) in [6.07, 6.45) is 6.78. The van der Waals surface area contributed by atoms with Crippen LogP contribution in [-0.4, -0.2) is 6.61 Å². The Morgan fingerprint density at radius 1 is 0.833 bits per heavy atom. The molecule has 0 N–H and O–H groups in total. The van der Waals surface area contributed by atoms with Crippen molar-refractivity contribution in [2.24, 2.45) is 0 Å². The van der Waals surface area contributed by atoms with Gasteiger partial charge in [0.15, 0.2) is 23.2 Å². The van der Waals surface area contributed by atoms with E-state index in [-0.39, 0.29) is 16.9 Å². The molecule has 0 saturated carbocycles. The summed E-state index contributed by atoms with van der Waals surface area (Å²) in [4.78, 5) is 0. The molecule has 24 heavy (non-hydrogen) atoms. The number of hydrogen-bond donors (Lipinski definition) is 0. The minimum Gasteiger partial charge on any atom is -0.491 e. The van der Waals surface area contributed by atoms with Crippen molar-refractivity contribution in [3.05, 3.63) is 53.8 Å². The van der Waals surface area contributed by atoms with Crippen LogP contribution in [0.1, 0.15) is 45.4 Å². The fourth-order valence-electron chi connectivity index (χ4n) is 2.58. The van der Waals surface area contributed by atoms with Crippen LogP contribution in [0.15, 0.2) is 36.4 Å². The van der Waals surface area contributed by atoms with Gasteiger partial charge in [0.25, 0.3) is 0 Å². The first kappa shape index (κ1) is 18.4. The second kappa shape index (κ2) is 9.36. The van der Waals surface area contributed by atoms with Gasteiger partial charge in [0.05, 0.1) is 6.61 Å². The topological polar surface area (TPSA) is 9.23 Å². The molecule has 0 amide bonds. The second-order valence-corrected chi connectivity index (χ2v) is 5.86.